The second-order valence-corrected chi connectivity index (χ2v) is 6.33. The van der Waals surface area contributed by atoms with Gasteiger partial charge in [0.25, 0.3) is 0 Å². The average Bonchev–Trinajstić information content (AvgIpc) is 2.34. The number of sulfonamides is 1. The summed E-state index contributed by atoms with van der Waals surface area (Å²) in [5, 5.41) is 2.54. The predicted molar refractivity (Wildman–Crippen MR) is 77.4 cm³/mol. The monoisotopic (exact) mass is 366 g/mol. The maximum atomic E-state index is 12.6. The number of nitrogens with one attached hydrogen (secondary N) is 2. The molecule has 0 spiro atoms. The molecule has 0 heterocycles. The van der Waals surface area contributed by atoms with Crippen molar-refractivity contribution in [3.05, 3.63) is 28.8 Å². The molecule has 1 aromatic rings. The minimum absolute atomic E-state index is 0. The van der Waals surface area contributed by atoms with Crippen LogP contribution in [0.2, 0.25) is 5.02 Å². The lowest BCUT2D eigenvalue weighted by molar-refractivity contribution is -0.137. The van der Waals surface area contributed by atoms with E-state index < -0.39 is 26.7 Å². The minimum atomic E-state index is -4.63. The van der Waals surface area contributed by atoms with E-state index in [-0.39, 0.29) is 30.0 Å². The van der Waals surface area contributed by atoms with Gasteiger partial charge in [0.05, 0.1) is 10.6 Å². The van der Waals surface area contributed by atoms with Crippen molar-refractivity contribution in [2.75, 3.05) is 13.6 Å². The van der Waals surface area contributed by atoms with E-state index in [0.29, 0.717) is 6.07 Å². The lowest BCUT2D eigenvalue weighted by atomic mass is 10.2. The molecule has 1 rings (SSSR count). The van der Waals surface area contributed by atoms with Gasteiger partial charge in [-0.2, -0.15) is 13.2 Å². The van der Waals surface area contributed by atoms with Crippen LogP contribution in [0.15, 0.2) is 23.1 Å². The Bertz CT molecular complexity index is 579. The summed E-state index contributed by atoms with van der Waals surface area (Å²) in [5.74, 6) is 0. The zero-order valence-electron chi connectivity index (χ0n) is 11.2. The van der Waals surface area contributed by atoms with Crippen LogP contribution in [-0.2, 0) is 16.2 Å². The molecule has 0 fully saturated rings. The SMILES string of the molecule is CNC(C)CNS(=O)(=O)c1cc(C(F)(F)F)ccc1Cl.Cl. The smallest absolute Gasteiger partial charge is 0.316 e. The molecule has 0 radical (unpaired) electrons. The van der Waals surface area contributed by atoms with Gasteiger partial charge in [-0.1, -0.05) is 11.6 Å². The summed E-state index contributed by atoms with van der Waals surface area (Å²) >= 11 is 5.68. The third kappa shape index (κ3) is 5.63. The van der Waals surface area contributed by atoms with Crippen molar-refractivity contribution < 1.29 is 21.6 Å². The highest BCUT2D eigenvalue weighted by atomic mass is 35.5. The van der Waals surface area contributed by atoms with Gasteiger partial charge in [-0.25, -0.2) is 13.1 Å². The molecule has 0 aliphatic rings. The van der Waals surface area contributed by atoms with Gasteiger partial charge in [0.15, 0.2) is 0 Å². The van der Waals surface area contributed by atoms with Crippen LogP contribution in [-0.4, -0.2) is 28.1 Å². The third-order valence-corrected chi connectivity index (χ3v) is 4.53. The molecule has 0 aromatic heterocycles. The number of halogens is 5. The lowest BCUT2D eigenvalue weighted by Crippen LogP contribution is -2.37. The van der Waals surface area contributed by atoms with Crippen molar-refractivity contribution >= 4 is 34.0 Å². The molecule has 0 saturated carbocycles. The molecule has 0 aliphatic heterocycles. The Hall–Kier alpha value is -0.540. The van der Waals surface area contributed by atoms with Crippen molar-refractivity contribution in [1.29, 1.82) is 0 Å². The first-order valence-corrected chi connectivity index (χ1v) is 7.47. The van der Waals surface area contributed by atoms with E-state index in [0.717, 1.165) is 12.1 Å². The zero-order valence-corrected chi connectivity index (χ0v) is 13.6. The van der Waals surface area contributed by atoms with Crippen LogP contribution in [0, 0.1) is 0 Å². The summed E-state index contributed by atoms with van der Waals surface area (Å²) in [6.45, 7) is 1.75. The van der Waals surface area contributed by atoms with Crippen LogP contribution in [0.25, 0.3) is 0 Å². The zero-order chi connectivity index (χ0) is 15.6. The van der Waals surface area contributed by atoms with E-state index in [1.807, 2.05) is 0 Å². The molecular weight excluding hydrogens is 352 g/mol. The van der Waals surface area contributed by atoms with E-state index in [9.17, 15) is 21.6 Å². The fraction of sp³-hybridized carbons (Fsp3) is 0.455. The van der Waals surface area contributed by atoms with E-state index in [1.165, 1.54) is 0 Å². The molecule has 122 valence electrons. The first-order chi connectivity index (χ1) is 9.08. The van der Waals surface area contributed by atoms with Crippen LogP contribution in [0.1, 0.15) is 12.5 Å². The van der Waals surface area contributed by atoms with Crippen molar-refractivity contribution in [2.24, 2.45) is 0 Å². The van der Waals surface area contributed by atoms with Crippen molar-refractivity contribution in [1.82, 2.24) is 10.0 Å². The number of alkyl halides is 3. The molecule has 1 atom stereocenters. The van der Waals surface area contributed by atoms with E-state index in [2.05, 4.69) is 10.0 Å². The second-order valence-electron chi connectivity index (χ2n) is 4.18. The number of hydrogen-bond donors (Lipinski definition) is 2. The lowest BCUT2D eigenvalue weighted by Gasteiger charge is -2.14. The van der Waals surface area contributed by atoms with Crippen molar-refractivity contribution in [3.63, 3.8) is 0 Å². The topological polar surface area (TPSA) is 58.2 Å². The Kier molecular flexibility index (Phi) is 7.44. The quantitative estimate of drug-likeness (QED) is 0.842. The molecule has 1 unspecified atom stereocenters. The predicted octanol–water partition coefficient (Wildman–Crippen LogP) is 2.67. The summed E-state index contributed by atoms with van der Waals surface area (Å²) in [6, 6.07) is 2.00. The molecule has 0 amide bonds. The highest BCUT2D eigenvalue weighted by Crippen LogP contribution is 2.33. The second kappa shape index (κ2) is 7.64. The van der Waals surface area contributed by atoms with Crippen LogP contribution < -0.4 is 10.0 Å². The summed E-state index contributed by atoms with van der Waals surface area (Å²) in [5.41, 5.74) is -1.07. The molecule has 0 aliphatic carbocycles. The summed E-state index contributed by atoms with van der Waals surface area (Å²) < 4.78 is 63.9. The molecule has 0 bridgehead atoms. The van der Waals surface area contributed by atoms with E-state index in [1.54, 1.807) is 14.0 Å². The Labute approximate surface area is 132 Å². The third-order valence-electron chi connectivity index (χ3n) is 2.62. The molecule has 4 nitrogen and oxygen atoms in total. The fourth-order valence-corrected chi connectivity index (χ4v) is 2.95. The Morgan fingerprint density at radius 2 is 1.90 bits per heavy atom. The van der Waals surface area contributed by atoms with Gasteiger partial charge in [-0.05, 0) is 32.2 Å². The minimum Gasteiger partial charge on any atom is -0.316 e. The van der Waals surface area contributed by atoms with Crippen LogP contribution in [0.4, 0.5) is 13.2 Å². The molecule has 21 heavy (non-hydrogen) atoms. The number of hydrogen-bond acceptors (Lipinski definition) is 3. The van der Waals surface area contributed by atoms with E-state index >= 15 is 0 Å². The van der Waals surface area contributed by atoms with Gasteiger partial charge in [0.2, 0.25) is 10.0 Å². The Balaban J connectivity index is 0.00000400. The van der Waals surface area contributed by atoms with Gasteiger partial charge >= 0.3 is 6.18 Å². The van der Waals surface area contributed by atoms with Crippen molar-refractivity contribution in [3.8, 4) is 0 Å². The molecule has 1 aromatic carbocycles. The Morgan fingerprint density at radius 1 is 1.33 bits per heavy atom. The van der Waals surface area contributed by atoms with Crippen LogP contribution in [0.5, 0.6) is 0 Å². The van der Waals surface area contributed by atoms with Crippen LogP contribution >= 0.6 is 24.0 Å². The highest BCUT2D eigenvalue weighted by Gasteiger charge is 2.32. The number of benzene rings is 1. The maximum absolute atomic E-state index is 12.6. The average molecular weight is 367 g/mol. The Morgan fingerprint density at radius 3 is 2.38 bits per heavy atom. The van der Waals surface area contributed by atoms with Gasteiger partial charge in [-0.3, -0.25) is 0 Å². The maximum Gasteiger partial charge on any atom is 0.416 e. The summed E-state index contributed by atoms with van der Waals surface area (Å²) in [4.78, 5) is -0.586. The fourth-order valence-electron chi connectivity index (χ4n) is 1.30. The number of rotatable bonds is 5. The van der Waals surface area contributed by atoms with Gasteiger partial charge < -0.3 is 5.32 Å². The summed E-state index contributed by atoms with van der Waals surface area (Å²) in [7, 11) is -2.47. The van der Waals surface area contributed by atoms with Gasteiger partial charge in [0.1, 0.15) is 4.90 Å². The summed E-state index contributed by atoms with van der Waals surface area (Å²) in [6.07, 6.45) is -4.63. The highest BCUT2D eigenvalue weighted by molar-refractivity contribution is 7.89. The van der Waals surface area contributed by atoms with Crippen LogP contribution in [0.3, 0.4) is 0 Å². The largest absolute Gasteiger partial charge is 0.416 e. The standard InChI is InChI=1S/C11H14ClF3N2O2S.ClH/c1-7(16-2)6-17-20(18,19)10-5-8(11(13,14)15)3-4-9(10)12;/h3-5,7,16-17H,6H2,1-2H3;1H. The van der Waals surface area contributed by atoms with Gasteiger partial charge in [-0.15, -0.1) is 12.4 Å². The molecule has 0 saturated heterocycles. The normalized spacial score (nSPS) is 13.6. The first-order valence-electron chi connectivity index (χ1n) is 5.61. The van der Waals surface area contributed by atoms with Crippen molar-refractivity contribution in [2.45, 2.75) is 24.0 Å². The molecule has 10 heteroatoms. The first kappa shape index (κ1) is 20.5. The molecular formula is C11H15Cl2F3N2O2S. The van der Waals surface area contributed by atoms with Gasteiger partial charge in [0, 0.05) is 12.6 Å². The molecule has 2 N–H and O–H groups in total. The number of likely N-dealkylation sites (N-methyl/N-ethyl adjacent to an activating group) is 1. The van der Waals surface area contributed by atoms with E-state index in [4.69, 9.17) is 11.6 Å².